The first kappa shape index (κ1) is 21.0. The van der Waals surface area contributed by atoms with Gasteiger partial charge in [-0.2, -0.15) is 0 Å². The van der Waals surface area contributed by atoms with E-state index in [0.29, 0.717) is 28.6 Å². The van der Waals surface area contributed by atoms with Crippen LogP contribution >= 0.6 is 0 Å². The standard InChI is InChI=1S/C20H25N3O5/c1-23(12-19(24)21-14-5-8-16(26-2)9-6-14)13-20(25)22-15-7-10-17(27-3)18(11-15)28-4/h5-11H,12-13H2,1-4H3,(H,21,24)(H,22,25)/p+1. The zero-order chi connectivity index (χ0) is 20.5. The third-order valence-corrected chi connectivity index (χ3v) is 3.97. The second-order valence-electron chi connectivity index (χ2n) is 6.21. The van der Waals surface area contributed by atoms with Crippen molar-refractivity contribution >= 4 is 23.2 Å². The maximum atomic E-state index is 12.2. The number of likely N-dealkylation sites (N-methyl/N-ethyl adjacent to an activating group) is 1. The van der Waals surface area contributed by atoms with Crippen molar-refractivity contribution in [2.24, 2.45) is 0 Å². The van der Waals surface area contributed by atoms with Crippen molar-refractivity contribution in [3.63, 3.8) is 0 Å². The maximum absolute atomic E-state index is 12.2. The van der Waals surface area contributed by atoms with Crippen LogP contribution in [0.4, 0.5) is 11.4 Å². The number of anilines is 2. The van der Waals surface area contributed by atoms with Crippen LogP contribution in [-0.2, 0) is 9.59 Å². The summed E-state index contributed by atoms with van der Waals surface area (Å²) in [5.41, 5.74) is 1.27. The molecular formula is C20H26N3O5+. The van der Waals surface area contributed by atoms with E-state index in [1.807, 2.05) is 0 Å². The van der Waals surface area contributed by atoms with Gasteiger partial charge in [0.1, 0.15) is 5.75 Å². The minimum atomic E-state index is -0.207. The van der Waals surface area contributed by atoms with E-state index < -0.39 is 0 Å². The summed E-state index contributed by atoms with van der Waals surface area (Å²) in [6.07, 6.45) is 0. The minimum Gasteiger partial charge on any atom is -0.497 e. The van der Waals surface area contributed by atoms with Crippen molar-refractivity contribution in [3.8, 4) is 17.2 Å². The van der Waals surface area contributed by atoms with Gasteiger partial charge in [0.05, 0.1) is 28.4 Å². The Kier molecular flexibility index (Phi) is 7.65. The van der Waals surface area contributed by atoms with Crippen LogP contribution in [0, 0.1) is 0 Å². The highest BCUT2D eigenvalue weighted by Crippen LogP contribution is 2.29. The predicted molar refractivity (Wildman–Crippen MR) is 106 cm³/mol. The molecule has 2 rings (SSSR count). The monoisotopic (exact) mass is 388 g/mol. The number of hydrogen-bond acceptors (Lipinski definition) is 5. The van der Waals surface area contributed by atoms with Crippen molar-refractivity contribution in [3.05, 3.63) is 42.5 Å². The number of methoxy groups -OCH3 is 3. The fourth-order valence-corrected chi connectivity index (χ4v) is 2.61. The van der Waals surface area contributed by atoms with Gasteiger partial charge in [0.25, 0.3) is 11.8 Å². The number of quaternary nitrogens is 1. The Morgan fingerprint density at radius 1 is 0.786 bits per heavy atom. The van der Waals surface area contributed by atoms with Gasteiger partial charge >= 0.3 is 0 Å². The third-order valence-electron chi connectivity index (χ3n) is 3.97. The molecule has 8 heteroatoms. The molecule has 0 spiro atoms. The van der Waals surface area contributed by atoms with E-state index in [0.717, 1.165) is 4.90 Å². The Labute approximate surface area is 164 Å². The van der Waals surface area contributed by atoms with Crippen molar-refractivity contribution in [1.82, 2.24) is 0 Å². The molecule has 1 atom stereocenters. The lowest BCUT2D eigenvalue weighted by Gasteiger charge is -2.14. The minimum absolute atomic E-state index is 0.143. The third kappa shape index (κ3) is 6.17. The molecule has 2 aromatic rings. The number of ether oxygens (including phenoxy) is 3. The molecule has 0 aliphatic heterocycles. The molecule has 28 heavy (non-hydrogen) atoms. The molecule has 0 fully saturated rings. The largest absolute Gasteiger partial charge is 0.497 e. The first-order valence-corrected chi connectivity index (χ1v) is 8.72. The highest BCUT2D eigenvalue weighted by molar-refractivity contribution is 5.93. The van der Waals surface area contributed by atoms with Crippen LogP contribution < -0.4 is 29.7 Å². The molecule has 0 aliphatic carbocycles. The van der Waals surface area contributed by atoms with Crippen LogP contribution in [0.3, 0.4) is 0 Å². The Hall–Kier alpha value is -3.26. The van der Waals surface area contributed by atoms with Gasteiger partial charge in [0.2, 0.25) is 0 Å². The Bertz CT molecular complexity index is 808. The van der Waals surface area contributed by atoms with Gasteiger partial charge in [0.15, 0.2) is 24.6 Å². The first-order valence-electron chi connectivity index (χ1n) is 8.72. The molecule has 0 aromatic heterocycles. The predicted octanol–water partition coefficient (Wildman–Crippen LogP) is 0.804. The maximum Gasteiger partial charge on any atom is 0.279 e. The summed E-state index contributed by atoms with van der Waals surface area (Å²) >= 11 is 0. The molecule has 0 aliphatic rings. The van der Waals surface area contributed by atoms with Gasteiger partial charge < -0.3 is 29.7 Å². The average molecular weight is 388 g/mol. The van der Waals surface area contributed by atoms with Crippen molar-refractivity contribution in [2.75, 3.05) is 52.1 Å². The van der Waals surface area contributed by atoms with E-state index in [2.05, 4.69) is 10.6 Å². The zero-order valence-corrected chi connectivity index (χ0v) is 16.5. The lowest BCUT2D eigenvalue weighted by Crippen LogP contribution is -3.11. The van der Waals surface area contributed by atoms with Gasteiger partial charge in [0, 0.05) is 17.4 Å². The number of nitrogens with one attached hydrogen (secondary N) is 3. The summed E-state index contributed by atoms with van der Waals surface area (Å²) < 4.78 is 15.5. The molecule has 0 saturated heterocycles. The Morgan fingerprint density at radius 3 is 1.86 bits per heavy atom. The van der Waals surface area contributed by atoms with E-state index in [9.17, 15) is 9.59 Å². The van der Waals surface area contributed by atoms with Crippen LogP contribution in [0.1, 0.15) is 0 Å². The molecule has 3 N–H and O–H groups in total. The second kappa shape index (κ2) is 10.2. The van der Waals surface area contributed by atoms with E-state index in [1.54, 1.807) is 63.7 Å². The molecule has 0 bridgehead atoms. The highest BCUT2D eigenvalue weighted by atomic mass is 16.5. The van der Waals surface area contributed by atoms with Gasteiger partial charge in [-0.25, -0.2) is 0 Å². The lowest BCUT2D eigenvalue weighted by atomic mass is 10.2. The molecule has 0 radical (unpaired) electrons. The van der Waals surface area contributed by atoms with Gasteiger partial charge in [-0.1, -0.05) is 0 Å². The van der Waals surface area contributed by atoms with Gasteiger partial charge in [-0.05, 0) is 36.4 Å². The molecule has 1 unspecified atom stereocenters. The molecule has 2 aromatic carbocycles. The van der Waals surface area contributed by atoms with Crippen LogP contribution in [0.5, 0.6) is 17.2 Å². The molecule has 0 heterocycles. The van der Waals surface area contributed by atoms with E-state index in [-0.39, 0.29) is 24.9 Å². The van der Waals surface area contributed by atoms with E-state index >= 15 is 0 Å². The number of carbonyl (C=O) groups excluding carboxylic acids is 2. The van der Waals surface area contributed by atoms with Crippen LogP contribution in [0.25, 0.3) is 0 Å². The topological polar surface area (TPSA) is 90.3 Å². The van der Waals surface area contributed by atoms with E-state index in [4.69, 9.17) is 14.2 Å². The van der Waals surface area contributed by atoms with Crippen molar-refractivity contribution < 1.29 is 28.7 Å². The summed E-state index contributed by atoms with van der Waals surface area (Å²) in [5, 5.41) is 5.59. The molecule has 150 valence electrons. The molecule has 8 nitrogen and oxygen atoms in total. The number of carbonyl (C=O) groups is 2. The normalized spacial score (nSPS) is 11.3. The number of hydrogen-bond donors (Lipinski definition) is 3. The van der Waals surface area contributed by atoms with Crippen LogP contribution in [-0.4, -0.2) is 53.3 Å². The van der Waals surface area contributed by atoms with Gasteiger partial charge in [-0.3, -0.25) is 9.59 Å². The lowest BCUT2D eigenvalue weighted by molar-refractivity contribution is -0.862. The van der Waals surface area contributed by atoms with Crippen molar-refractivity contribution in [2.45, 2.75) is 0 Å². The molecular weight excluding hydrogens is 362 g/mol. The highest BCUT2D eigenvalue weighted by Gasteiger charge is 2.15. The Balaban J connectivity index is 1.83. The SMILES string of the molecule is COc1ccc(NC(=O)C[NH+](C)CC(=O)Nc2ccc(OC)c(OC)c2)cc1. The second-order valence-corrected chi connectivity index (χ2v) is 6.21. The Morgan fingerprint density at radius 2 is 1.32 bits per heavy atom. The smallest absolute Gasteiger partial charge is 0.279 e. The molecule has 0 saturated carbocycles. The quantitative estimate of drug-likeness (QED) is 0.591. The first-order chi connectivity index (χ1) is 13.4. The fourth-order valence-electron chi connectivity index (χ4n) is 2.61. The summed E-state index contributed by atoms with van der Waals surface area (Å²) in [6.45, 7) is 0.301. The van der Waals surface area contributed by atoms with Crippen LogP contribution in [0.2, 0.25) is 0 Å². The zero-order valence-electron chi connectivity index (χ0n) is 16.5. The number of amides is 2. The summed E-state index contributed by atoms with van der Waals surface area (Å²) in [4.78, 5) is 25.1. The van der Waals surface area contributed by atoms with Gasteiger partial charge in [-0.15, -0.1) is 0 Å². The fraction of sp³-hybridized carbons (Fsp3) is 0.300. The summed E-state index contributed by atoms with van der Waals surface area (Å²) in [5.74, 6) is 1.44. The summed E-state index contributed by atoms with van der Waals surface area (Å²) in [6, 6.07) is 12.2. The van der Waals surface area contributed by atoms with Crippen molar-refractivity contribution in [1.29, 1.82) is 0 Å². The van der Waals surface area contributed by atoms with Crippen LogP contribution in [0.15, 0.2) is 42.5 Å². The number of benzene rings is 2. The molecule has 2 amide bonds. The number of rotatable bonds is 9. The average Bonchev–Trinajstić information content (AvgIpc) is 2.68. The summed E-state index contributed by atoms with van der Waals surface area (Å²) in [7, 11) is 6.44. The van der Waals surface area contributed by atoms with E-state index in [1.165, 1.54) is 7.11 Å².